The van der Waals surface area contributed by atoms with E-state index in [1.165, 1.54) is 19.2 Å². The summed E-state index contributed by atoms with van der Waals surface area (Å²) in [6.45, 7) is 2.55. The Morgan fingerprint density at radius 3 is 2.53 bits per heavy atom. The zero-order valence-electron chi connectivity index (χ0n) is 16.5. The van der Waals surface area contributed by atoms with Gasteiger partial charge in [0.2, 0.25) is 0 Å². The van der Waals surface area contributed by atoms with E-state index in [9.17, 15) is 18.0 Å². The van der Waals surface area contributed by atoms with E-state index in [-0.39, 0.29) is 23.3 Å². The molecule has 30 heavy (non-hydrogen) atoms. The zero-order chi connectivity index (χ0) is 21.5. The van der Waals surface area contributed by atoms with Crippen LogP contribution in [0, 0.1) is 0 Å². The van der Waals surface area contributed by atoms with Gasteiger partial charge in [0, 0.05) is 18.7 Å². The van der Waals surface area contributed by atoms with Crippen LogP contribution in [0.5, 0.6) is 5.75 Å². The van der Waals surface area contributed by atoms with E-state index < -0.39 is 11.7 Å². The second-order valence-electron chi connectivity index (χ2n) is 7.08. The quantitative estimate of drug-likeness (QED) is 0.618. The van der Waals surface area contributed by atoms with Crippen molar-refractivity contribution < 1.29 is 22.7 Å². The Morgan fingerprint density at radius 1 is 1.10 bits per heavy atom. The first-order valence-corrected chi connectivity index (χ1v) is 9.49. The lowest BCUT2D eigenvalue weighted by Crippen LogP contribution is -2.41. The van der Waals surface area contributed by atoms with Crippen LogP contribution < -0.4 is 4.74 Å². The number of carbonyl (C=O) groups excluding carboxylic acids is 1. The van der Waals surface area contributed by atoms with Gasteiger partial charge in [0.05, 0.1) is 36.2 Å². The number of halogens is 3. The second-order valence-corrected chi connectivity index (χ2v) is 7.08. The summed E-state index contributed by atoms with van der Waals surface area (Å²) in [6.07, 6.45) is -2.93. The molecule has 0 saturated carbocycles. The van der Waals surface area contributed by atoms with Gasteiger partial charge in [-0.3, -0.25) is 4.79 Å². The third-order valence-corrected chi connectivity index (χ3v) is 5.42. The van der Waals surface area contributed by atoms with Crippen molar-refractivity contribution in [1.29, 1.82) is 0 Å². The Bertz CT molecular complexity index is 1090. The highest BCUT2D eigenvalue weighted by molar-refractivity contribution is 5.97. The number of nitrogens with zero attached hydrogens (tertiary/aromatic N) is 3. The number of methoxy groups -OCH3 is 1. The molecule has 1 unspecified atom stereocenters. The summed E-state index contributed by atoms with van der Waals surface area (Å²) in [6, 6.07) is 12.0. The van der Waals surface area contributed by atoms with Crippen LogP contribution in [0.15, 0.2) is 54.7 Å². The fourth-order valence-electron chi connectivity index (χ4n) is 3.91. The van der Waals surface area contributed by atoms with Crippen molar-refractivity contribution in [3.8, 4) is 17.1 Å². The predicted octanol–water partition coefficient (Wildman–Crippen LogP) is 4.79. The first-order chi connectivity index (χ1) is 14.3. The molecule has 1 atom stereocenters. The van der Waals surface area contributed by atoms with Crippen molar-refractivity contribution in [3.05, 3.63) is 71.5 Å². The molecule has 156 valence electrons. The lowest BCUT2D eigenvalue weighted by atomic mass is 10.1. The van der Waals surface area contributed by atoms with E-state index in [1.54, 1.807) is 46.0 Å². The number of imidazole rings is 1. The molecule has 1 aromatic heterocycles. The van der Waals surface area contributed by atoms with E-state index in [2.05, 4.69) is 4.98 Å². The van der Waals surface area contributed by atoms with Gasteiger partial charge in [-0.25, -0.2) is 4.98 Å². The highest BCUT2D eigenvalue weighted by Gasteiger charge is 2.36. The number of ether oxygens (including phenoxy) is 1. The summed E-state index contributed by atoms with van der Waals surface area (Å²) >= 11 is 0. The number of fused-ring (bicyclic) bond motifs is 1. The van der Waals surface area contributed by atoms with Gasteiger partial charge in [0.1, 0.15) is 11.6 Å². The molecule has 1 amide bonds. The molecule has 0 saturated heterocycles. The molecule has 5 nitrogen and oxygen atoms in total. The third-order valence-electron chi connectivity index (χ3n) is 5.42. The van der Waals surface area contributed by atoms with Crippen molar-refractivity contribution in [3.63, 3.8) is 0 Å². The molecule has 1 aliphatic heterocycles. The fraction of sp³-hybridized carbons (Fsp3) is 0.273. The van der Waals surface area contributed by atoms with Crippen molar-refractivity contribution in [2.75, 3.05) is 13.7 Å². The van der Waals surface area contributed by atoms with Crippen molar-refractivity contribution in [2.45, 2.75) is 25.7 Å². The highest BCUT2D eigenvalue weighted by Crippen LogP contribution is 2.38. The van der Waals surface area contributed by atoms with Crippen LogP contribution in [0.25, 0.3) is 11.4 Å². The Balaban J connectivity index is 1.70. The van der Waals surface area contributed by atoms with Gasteiger partial charge in [-0.05, 0) is 25.1 Å². The summed E-state index contributed by atoms with van der Waals surface area (Å²) in [5.41, 5.74) is 0.450. The largest absolute Gasteiger partial charge is 0.496 e. The first kappa shape index (κ1) is 20.0. The number of hydrogen-bond acceptors (Lipinski definition) is 3. The van der Waals surface area contributed by atoms with Crippen LogP contribution in [0.1, 0.15) is 34.6 Å². The van der Waals surface area contributed by atoms with Crippen LogP contribution in [-0.4, -0.2) is 34.0 Å². The molecular weight excluding hydrogens is 395 g/mol. The number of amides is 1. The zero-order valence-corrected chi connectivity index (χ0v) is 16.5. The van der Waals surface area contributed by atoms with E-state index >= 15 is 0 Å². The Hall–Kier alpha value is -3.29. The molecule has 0 fully saturated rings. The maximum atomic E-state index is 13.5. The van der Waals surface area contributed by atoms with Gasteiger partial charge in [-0.2, -0.15) is 13.2 Å². The van der Waals surface area contributed by atoms with E-state index in [0.29, 0.717) is 30.1 Å². The van der Waals surface area contributed by atoms with Crippen LogP contribution in [-0.2, 0) is 12.7 Å². The molecule has 0 spiro atoms. The number of aromatic nitrogens is 2. The first-order valence-electron chi connectivity index (χ1n) is 9.49. The molecule has 2 aromatic carbocycles. The second kappa shape index (κ2) is 7.51. The van der Waals surface area contributed by atoms with Gasteiger partial charge < -0.3 is 14.2 Å². The normalized spacial score (nSPS) is 16.3. The van der Waals surface area contributed by atoms with E-state index in [4.69, 9.17) is 4.74 Å². The van der Waals surface area contributed by atoms with Gasteiger partial charge in [-0.15, -0.1) is 0 Å². The summed E-state index contributed by atoms with van der Waals surface area (Å²) in [5, 5.41) is 0. The van der Waals surface area contributed by atoms with Gasteiger partial charge in [0.25, 0.3) is 5.91 Å². The van der Waals surface area contributed by atoms with Gasteiger partial charge in [-0.1, -0.05) is 30.3 Å². The molecule has 8 heteroatoms. The molecule has 0 radical (unpaired) electrons. The van der Waals surface area contributed by atoms with Crippen molar-refractivity contribution in [1.82, 2.24) is 14.5 Å². The van der Waals surface area contributed by atoms with Crippen molar-refractivity contribution >= 4 is 5.91 Å². The molecule has 4 rings (SSSR count). The van der Waals surface area contributed by atoms with Crippen LogP contribution >= 0.6 is 0 Å². The smallest absolute Gasteiger partial charge is 0.417 e. The summed E-state index contributed by atoms with van der Waals surface area (Å²) in [5.74, 6) is 0.549. The molecule has 1 aliphatic rings. The average molecular weight is 415 g/mol. The lowest BCUT2D eigenvalue weighted by Gasteiger charge is -2.35. The fourth-order valence-corrected chi connectivity index (χ4v) is 3.91. The van der Waals surface area contributed by atoms with E-state index in [1.807, 2.05) is 6.92 Å². The standard InChI is InChI=1S/C22H20F3N3O2/c1-14-18-13-26-20(15-7-3-5-9-17(15)22(23,24)25)28(18)12-11-27(14)21(29)16-8-4-6-10-19(16)30-2/h3-10,13-14H,11-12H2,1-2H3. The highest BCUT2D eigenvalue weighted by atomic mass is 19.4. The maximum absolute atomic E-state index is 13.5. The number of carbonyl (C=O) groups is 1. The topological polar surface area (TPSA) is 47.4 Å². The number of para-hydroxylation sites is 1. The predicted molar refractivity (Wildman–Crippen MR) is 105 cm³/mol. The number of alkyl halides is 3. The Labute approximate surface area is 171 Å². The number of benzene rings is 2. The molecule has 0 bridgehead atoms. The summed E-state index contributed by atoms with van der Waals surface area (Å²) < 4.78 is 47.5. The minimum atomic E-state index is -4.48. The lowest BCUT2D eigenvalue weighted by molar-refractivity contribution is -0.137. The van der Waals surface area contributed by atoms with E-state index in [0.717, 1.165) is 6.07 Å². The monoisotopic (exact) mass is 415 g/mol. The summed E-state index contributed by atoms with van der Waals surface area (Å²) in [7, 11) is 1.51. The molecular formula is C22H20F3N3O2. The van der Waals surface area contributed by atoms with Crippen molar-refractivity contribution in [2.24, 2.45) is 0 Å². The molecule has 0 aliphatic carbocycles. The third kappa shape index (κ3) is 3.32. The van der Waals surface area contributed by atoms with Gasteiger partial charge in [0.15, 0.2) is 0 Å². The van der Waals surface area contributed by atoms with Crippen LogP contribution in [0.4, 0.5) is 13.2 Å². The Morgan fingerprint density at radius 2 is 1.80 bits per heavy atom. The summed E-state index contributed by atoms with van der Waals surface area (Å²) in [4.78, 5) is 19.1. The maximum Gasteiger partial charge on any atom is 0.417 e. The minimum absolute atomic E-state index is 0.0351. The number of hydrogen-bond donors (Lipinski definition) is 0. The van der Waals surface area contributed by atoms with Gasteiger partial charge >= 0.3 is 6.18 Å². The number of rotatable bonds is 3. The minimum Gasteiger partial charge on any atom is -0.496 e. The molecule has 0 N–H and O–H groups in total. The van der Waals surface area contributed by atoms with Crippen LogP contribution in [0.2, 0.25) is 0 Å². The average Bonchev–Trinajstić information content (AvgIpc) is 3.18. The Kier molecular flexibility index (Phi) is 5.01. The SMILES string of the molecule is COc1ccccc1C(=O)N1CCn2c(cnc2-c2ccccc2C(F)(F)F)C1C. The molecule has 3 aromatic rings. The molecule has 2 heterocycles. The van der Waals surface area contributed by atoms with Crippen LogP contribution in [0.3, 0.4) is 0 Å².